The molecule has 0 saturated heterocycles. The van der Waals surface area contributed by atoms with Gasteiger partial charge in [-0.25, -0.2) is 0 Å². The van der Waals surface area contributed by atoms with Gasteiger partial charge in [0.2, 0.25) is 0 Å². The minimum absolute atomic E-state index is 0.127. The third kappa shape index (κ3) is 10.8. The Morgan fingerprint density at radius 1 is 0.688 bits per heavy atom. The van der Waals surface area contributed by atoms with Gasteiger partial charge in [0, 0.05) is 13.2 Å². The molecule has 0 aromatic heterocycles. The quantitative estimate of drug-likeness (QED) is 0.365. The molecule has 4 N–H and O–H groups in total. The van der Waals surface area contributed by atoms with Crippen molar-refractivity contribution < 1.29 is 10.2 Å². The summed E-state index contributed by atoms with van der Waals surface area (Å²) in [6, 6.07) is 0. The second-order valence-electron chi connectivity index (χ2n) is 4.20. The summed E-state index contributed by atoms with van der Waals surface area (Å²) in [5, 5.41) is 17.5. The van der Waals surface area contributed by atoms with E-state index < -0.39 is 0 Å². The van der Waals surface area contributed by atoms with Gasteiger partial charge in [-0.15, -0.1) is 7.92 Å². The molecule has 0 aliphatic carbocycles. The molecule has 98 valence electrons. The Labute approximate surface area is 101 Å². The number of aliphatic hydroxyl groups excluding tert-OH is 2. The minimum atomic E-state index is 0.127. The van der Waals surface area contributed by atoms with Crippen LogP contribution in [0.3, 0.4) is 0 Å². The lowest BCUT2D eigenvalue weighted by atomic mass is 10.3. The highest BCUT2D eigenvalue weighted by Crippen LogP contribution is 2.38. The van der Waals surface area contributed by atoms with Gasteiger partial charge in [0.05, 0.1) is 0 Å². The first-order valence-corrected chi connectivity index (χ1v) is 8.39. The van der Waals surface area contributed by atoms with Gasteiger partial charge in [-0.05, 0) is 63.6 Å². The Balaban J connectivity index is 3.58. The normalized spacial score (nSPS) is 11.2. The van der Waals surface area contributed by atoms with Crippen molar-refractivity contribution in [1.82, 2.24) is 0 Å². The molecule has 0 heterocycles. The molecule has 0 radical (unpaired) electrons. The highest BCUT2D eigenvalue weighted by atomic mass is 31.1. The molecule has 0 aliphatic heterocycles. The van der Waals surface area contributed by atoms with Crippen molar-refractivity contribution in [2.75, 3.05) is 38.2 Å². The Morgan fingerprint density at radius 3 is 1.50 bits per heavy atom. The van der Waals surface area contributed by atoms with E-state index in [1.54, 1.807) is 0 Å². The summed E-state index contributed by atoms with van der Waals surface area (Å²) >= 11 is 0. The van der Waals surface area contributed by atoms with Crippen LogP contribution in [0.25, 0.3) is 0 Å². The molecular weight excluding hydrogens is 221 g/mol. The number of nitrogens with two attached hydrogens (primary N) is 1. The monoisotopic (exact) mass is 249 g/mol. The molecule has 0 fully saturated rings. The lowest BCUT2D eigenvalue weighted by molar-refractivity contribution is 0.287. The van der Waals surface area contributed by atoms with Crippen molar-refractivity contribution in [3.63, 3.8) is 0 Å². The van der Waals surface area contributed by atoms with E-state index >= 15 is 0 Å². The zero-order valence-electron chi connectivity index (χ0n) is 10.4. The van der Waals surface area contributed by atoms with Gasteiger partial charge in [0.1, 0.15) is 0 Å². The van der Waals surface area contributed by atoms with Gasteiger partial charge in [0.15, 0.2) is 0 Å². The third-order valence-corrected chi connectivity index (χ3v) is 5.54. The Bertz CT molecular complexity index is 112. The second-order valence-corrected chi connectivity index (χ2v) is 6.88. The van der Waals surface area contributed by atoms with E-state index in [2.05, 4.69) is 0 Å². The fraction of sp³-hybridized carbons (Fsp3) is 1.00. The van der Waals surface area contributed by atoms with Gasteiger partial charge in [0.25, 0.3) is 0 Å². The minimum Gasteiger partial charge on any atom is -0.396 e. The first-order valence-electron chi connectivity index (χ1n) is 6.49. The summed E-state index contributed by atoms with van der Waals surface area (Å²) in [5.41, 5.74) is 5.50. The summed E-state index contributed by atoms with van der Waals surface area (Å²) < 4.78 is 0. The van der Waals surface area contributed by atoms with Crippen LogP contribution in [-0.4, -0.2) is 48.5 Å². The van der Waals surface area contributed by atoms with Crippen molar-refractivity contribution >= 4 is 7.92 Å². The van der Waals surface area contributed by atoms with E-state index in [0.717, 1.165) is 38.6 Å². The van der Waals surface area contributed by atoms with Crippen LogP contribution in [0.1, 0.15) is 38.5 Å². The number of hydrogen-bond donors (Lipinski definition) is 3. The molecule has 0 aromatic rings. The topological polar surface area (TPSA) is 66.5 Å². The number of rotatable bonds is 12. The average Bonchev–Trinajstić information content (AvgIpc) is 2.29. The average molecular weight is 249 g/mol. The van der Waals surface area contributed by atoms with E-state index in [4.69, 9.17) is 15.9 Å². The lowest BCUT2D eigenvalue weighted by Crippen LogP contribution is -2.02. The lowest BCUT2D eigenvalue weighted by Gasteiger charge is -2.17. The molecule has 0 aromatic carbocycles. The maximum absolute atomic E-state index is 8.77. The standard InChI is InChI=1S/C12H28NO2P/c13-7-1-4-10-16(11-5-2-8-14)12-6-3-9-15/h14-15H,1-13H2. The van der Waals surface area contributed by atoms with Crippen LogP contribution in [0.15, 0.2) is 0 Å². The van der Waals surface area contributed by atoms with E-state index in [-0.39, 0.29) is 7.92 Å². The molecule has 4 heteroatoms. The summed E-state index contributed by atoms with van der Waals surface area (Å²) in [6.07, 6.45) is 10.5. The van der Waals surface area contributed by atoms with Crippen molar-refractivity contribution in [1.29, 1.82) is 0 Å². The molecule has 16 heavy (non-hydrogen) atoms. The SMILES string of the molecule is NCCCCP(CCCCO)CCCCO. The van der Waals surface area contributed by atoms with E-state index in [9.17, 15) is 0 Å². The zero-order chi connectivity index (χ0) is 12.1. The zero-order valence-corrected chi connectivity index (χ0v) is 11.3. The molecule has 0 bridgehead atoms. The van der Waals surface area contributed by atoms with Crippen molar-refractivity contribution in [2.45, 2.75) is 38.5 Å². The maximum Gasteiger partial charge on any atom is 0.0431 e. The van der Waals surface area contributed by atoms with Crippen molar-refractivity contribution in [3.8, 4) is 0 Å². The Kier molecular flexibility index (Phi) is 13.6. The van der Waals surface area contributed by atoms with E-state index in [1.807, 2.05) is 0 Å². The number of aliphatic hydroxyl groups is 2. The third-order valence-electron chi connectivity index (χ3n) is 2.69. The van der Waals surface area contributed by atoms with E-state index in [1.165, 1.54) is 24.9 Å². The molecule has 0 aliphatic rings. The van der Waals surface area contributed by atoms with Crippen molar-refractivity contribution in [2.24, 2.45) is 5.73 Å². The van der Waals surface area contributed by atoms with Crippen molar-refractivity contribution in [3.05, 3.63) is 0 Å². The predicted octanol–water partition coefficient (Wildman–Crippen LogP) is 1.75. The first-order chi connectivity index (χ1) is 7.85. The molecule has 0 unspecified atom stereocenters. The summed E-state index contributed by atoms with van der Waals surface area (Å²) in [7, 11) is 0.127. The van der Waals surface area contributed by atoms with E-state index in [0.29, 0.717) is 13.2 Å². The fourth-order valence-corrected chi connectivity index (χ4v) is 4.39. The molecule has 0 spiro atoms. The smallest absolute Gasteiger partial charge is 0.0431 e. The number of hydrogen-bond acceptors (Lipinski definition) is 3. The van der Waals surface area contributed by atoms with Gasteiger partial charge in [-0.1, -0.05) is 0 Å². The Morgan fingerprint density at radius 2 is 1.12 bits per heavy atom. The van der Waals surface area contributed by atoms with Crippen LogP contribution in [0.4, 0.5) is 0 Å². The maximum atomic E-state index is 8.77. The first kappa shape index (κ1) is 16.3. The molecule has 0 saturated carbocycles. The summed E-state index contributed by atoms with van der Waals surface area (Å²) in [6.45, 7) is 1.45. The molecule has 3 nitrogen and oxygen atoms in total. The van der Waals surface area contributed by atoms with Crippen LogP contribution in [0.5, 0.6) is 0 Å². The van der Waals surface area contributed by atoms with Crippen LogP contribution in [0.2, 0.25) is 0 Å². The van der Waals surface area contributed by atoms with Gasteiger partial charge < -0.3 is 15.9 Å². The number of unbranched alkanes of at least 4 members (excludes halogenated alkanes) is 3. The summed E-state index contributed by atoms with van der Waals surface area (Å²) in [4.78, 5) is 0. The molecular formula is C12H28NO2P. The summed E-state index contributed by atoms with van der Waals surface area (Å²) in [5.74, 6) is 0. The Hall–Kier alpha value is 0.310. The largest absolute Gasteiger partial charge is 0.396 e. The van der Waals surface area contributed by atoms with Gasteiger partial charge in [-0.3, -0.25) is 0 Å². The molecule has 0 rings (SSSR count). The molecule has 0 amide bonds. The van der Waals surface area contributed by atoms with Crippen LogP contribution in [-0.2, 0) is 0 Å². The predicted molar refractivity (Wildman–Crippen MR) is 72.4 cm³/mol. The highest BCUT2D eigenvalue weighted by Gasteiger charge is 2.06. The van der Waals surface area contributed by atoms with Gasteiger partial charge >= 0.3 is 0 Å². The van der Waals surface area contributed by atoms with Crippen LogP contribution < -0.4 is 5.73 Å². The molecule has 0 atom stereocenters. The second kappa shape index (κ2) is 13.4. The van der Waals surface area contributed by atoms with Crippen LogP contribution in [0, 0.1) is 0 Å². The fourth-order valence-electron chi connectivity index (χ4n) is 1.71. The highest BCUT2D eigenvalue weighted by molar-refractivity contribution is 7.57. The van der Waals surface area contributed by atoms with Crippen LogP contribution >= 0.6 is 7.92 Å². The van der Waals surface area contributed by atoms with Gasteiger partial charge in [-0.2, -0.15) is 0 Å².